The van der Waals surface area contributed by atoms with Gasteiger partial charge in [-0.1, -0.05) is 0 Å². The van der Waals surface area contributed by atoms with Crippen LogP contribution in [0.4, 0.5) is 0 Å². The molecule has 0 bridgehead atoms. The fourth-order valence-corrected chi connectivity index (χ4v) is 0.654. The molecule has 68 valence electrons. The third-order valence-corrected chi connectivity index (χ3v) is 1.86. The van der Waals surface area contributed by atoms with Crippen molar-refractivity contribution in [3.63, 3.8) is 0 Å². The van der Waals surface area contributed by atoms with Crippen LogP contribution in [0.1, 0.15) is 6.92 Å². The van der Waals surface area contributed by atoms with Gasteiger partial charge in [0.1, 0.15) is 5.37 Å². The Bertz CT molecular complexity index is 214. The van der Waals surface area contributed by atoms with Crippen LogP contribution in [0.5, 0.6) is 0 Å². The number of hydrogen-bond acceptors (Lipinski definition) is 6. The van der Waals surface area contributed by atoms with Crippen molar-refractivity contribution >= 4 is 10.1 Å². The monoisotopic (exact) mass is 187 g/mol. The smallest absolute Gasteiger partial charge is 0.330 e. The van der Waals surface area contributed by atoms with Crippen molar-refractivity contribution in [3.05, 3.63) is 0 Å². The van der Waals surface area contributed by atoms with Crippen molar-refractivity contribution in [1.82, 2.24) is 5.32 Å². The third kappa shape index (κ3) is 5.07. The van der Waals surface area contributed by atoms with Crippen LogP contribution in [0.25, 0.3) is 0 Å². The third-order valence-electron chi connectivity index (χ3n) is 0.844. The first kappa shape index (κ1) is 10.8. The van der Waals surface area contributed by atoms with Gasteiger partial charge < -0.3 is 15.3 Å². The number of nitrogens with one attached hydrogen (secondary N) is 1. The lowest BCUT2D eigenvalue weighted by Gasteiger charge is -2.18. The summed E-state index contributed by atoms with van der Waals surface area (Å²) in [6, 6.07) is 0. The second kappa shape index (κ2) is 3.01. The first-order chi connectivity index (χ1) is 4.63. The van der Waals surface area contributed by atoms with E-state index in [9.17, 15) is 8.42 Å². The van der Waals surface area contributed by atoms with Crippen LogP contribution in [-0.4, -0.2) is 39.8 Å². The summed E-state index contributed by atoms with van der Waals surface area (Å²) >= 11 is 0. The first-order valence-corrected chi connectivity index (χ1v) is 4.04. The van der Waals surface area contributed by atoms with Gasteiger partial charge in [-0.25, -0.2) is 5.32 Å². The van der Waals surface area contributed by atoms with Crippen molar-refractivity contribution in [2.45, 2.75) is 18.4 Å². The van der Waals surface area contributed by atoms with E-state index in [1.54, 1.807) is 0 Å². The molecule has 1 unspecified atom stereocenters. The topological polar surface area (TPSA) is 127 Å². The highest BCUT2D eigenvalue weighted by Crippen LogP contribution is 1.96. The molecule has 0 aromatic carbocycles. The van der Waals surface area contributed by atoms with E-state index in [-0.39, 0.29) is 0 Å². The SMILES string of the molecule is CC(NC(O)(O)O)S(=O)(=O)O. The molecular formula is C3H9NO6S. The molecule has 0 aromatic heterocycles. The van der Waals surface area contributed by atoms with Gasteiger partial charge in [-0.2, -0.15) is 8.42 Å². The predicted molar refractivity (Wildman–Crippen MR) is 33.5 cm³/mol. The molecule has 5 N–H and O–H groups in total. The summed E-state index contributed by atoms with van der Waals surface area (Å²) in [5, 5.41) is 24.3. The highest BCUT2D eigenvalue weighted by Gasteiger charge is 2.27. The average molecular weight is 187 g/mol. The molecule has 0 aromatic rings. The van der Waals surface area contributed by atoms with E-state index >= 15 is 0 Å². The molecule has 0 aliphatic rings. The largest absolute Gasteiger partial charge is 0.344 e. The summed E-state index contributed by atoms with van der Waals surface area (Å²) in [5.41, 5.74) is 0. The van der Waals surface area contributed by atoms with E-state index in [1.165, 1.54) is 5.32 Å². The molecule has 0 spiro atoms. The maximum atomic E-state index is 10.2. The zero-order valence-electron chi connectivity index (χ0n) is 5.59. The molecule has 7 nitrogen and oxygen atoms in total. The Labute approximate surface area is 63.0 Å². The second-order valence-electron chi connectivity index (χ2n) is 1.94. The molecule has 0 saturated heterocycles. The minimum atomic E-state index is -4.43. The maximum Gasteiger partial charge on any atom is 0.344 e. The van der Waals surface area contributed by atoms with Crippen molar-refractivity contribution < 1.29 is 28.3 Å². The summed E-state index contributed by atoms with van der Waals surface area (Å²) in [7, 11) is -4.43. The van der Waals surface area contributed by atoms with Gasteiger partial charge in [0.2, 0.25) is 0 Å². The summed E-state index contributed by atoms with van der Waals surface area (Å²) in [6.45, 7) is 0.923. The van der Waals surface area contributed by atoms with Crippen molar-refractivity contribution in [2.24, 2.45) is 0 Å². The van der Waals surface area contributed by atoms with Gasteiger partial charge in [-0.3, -0.25) is 4.55 Å². The van der Waals surface area contributed by atoms with Crippen LogP contribution in [-0.2, 0) is 10.1 Å². The second-order valence-corrected chi connectivity index (χ2v) is 3.67. The van der Waals surface area contributed by atoms with Gasteiger partial charge in [0.15, 0.2) is 0 Å². The van der Waals surface area contributed by atoms with Crippen LogP contribution in [0.3, 0.4) is 0 Å². The normalized spacial score (nSPS) is 16.5. The number of hydrogen-bond donors (Lipinski definition) is 5. The van der Waals surface area contributed by atoms with Crippen molar-refractivity contribution in [2.75, 3.05) is 0 Å². The molecule has 1 atom stereocenters. The molecule has 0 radical (unpaired) electrons. The molecular weight excluding hydrogens is 178 g/mol. The van der Waals surface area contributed by atoms with Crippen LogP contribution < -0.4 is 5.32 Å². The van der Waals surface area contributed by atoms with E-state index in [1.807, 2.05) is 0 Å². The summed E-state index contributed by atoms with van der Waals surface area (Å²) in [4.78, 5) is 0. The fourth-order valence-electron chi connectivity index (χ4n) is 0.347. The summed E-state index contributed by atoms with van der Waals surface area (Å²) < 4.78 is 28.6. The van der Waals surface area contributed by atoms with Gasteiger partial charge in [-0.15, -0.1) is 0 Å². The van der Waals surface area contributed by atoms with E-state index in [2.05, 4.69) is 0 Å². The minimum absolute atomic E-state index is 0.923. The van der Waals surface area contributed by atoms with Gasteiger partial charge in [0, 0.05) is 0 Å². The minimum Gasteiger partial charge on any atom is -0.330 e. The Hall–Kier alpha value is -0.250. The van der Waals surface area contributed by atoms with E-state index in [4.69, 9.17) is 19.9 Å². The Balaban J connectivity index is 4.22. The predicted octanol–water partition coefficient (Wildman–Crippen LogP) is -2.60. The summed E-state index contributed by atoms with van der Waals surface area (Å²) in [6.07, 6.45) is -3.31. The molecule has 0 fully saturated rings. The van der Waals surface area contributed by atoms with Gasteiger partial charge in [0.25, 0.3) is 10.1 Å². The molecule has 0 amide bonds. The zero-order valence-corrected chi connectivity index (χ0v) is 6.41. The van der Waals surface area contributed by atoms with Crippen LogP contribution in [0.15, 0.2) is 0 Å². The highest BCUT2D eigenvalue weighted by atomic mass is 32.2. The standard InChI is InChI=1S/C3H9NO6S/c1-2(11(8,9)10)4-3(5,6)7/h2,4-7H,1H3,(H,8,9,10). The molecule has 8 heteroatoms. The van der Waals surface area contributed by atoms with Crippen LogP contribution >= 0.6 is 0 Å². The molecule has 0 aliphatic heterocycles. The van der Waals surface area contributed by atoms with E-state index < -0.39 is 21.6 Å². The van der Waals surface area contributed by atoms with Gasteiger partial charge in [-0.05, 0) is 6.92 Å². The summed E-state index contributed by atoms with van der Waals surface area (Å²) in [5.74, 6) is 0. The lowest BCUT2D eigenvalue weighted by Crippen LogP contribution is -2.51. The Morgan fingerprint density at radius 1 is 1.36 bits per heavy atom. The van der Waals surface area contributed by atoms with E-state index in [0.29, 0.717) is 0 Å². The fraction of sp³-hybridized carbons (Fsp3) is 1.00. The van der Waals surface area contributed by atoms with Crippen molar-refractivity contribution in [1.29, 1.82) is 0 Å². The molecule has 0 aliphatic carbocycles. The lowest BCUT2D eigenvalue weighted by molar-refractivity contribution is -0.332. The van der Waals surface area contributed by atoms with Gasteiger partial charge in [0.05, 0.1) is 0 Å². The molecule has 0 rings (SSSR count). The van der Waals surface area contributed by atoms with Gasteiger partial charge >= 0.3 is 6.10 Å². The van der Waals surface area contributed by atoms with Crippen LogP contribution in [0, 0.1) is 0 Å². The zero-order chi connectivity index (χ0) is 9.28. The van der Waals surface area contributed by atoms with Crippen LogP contribution in [0.2, 0.25) is 0 Å². The molecule has 11 heavy (non-hydrogen) atoms. The Morgan fingerprint density at radius 2 is 1.73 bits per heavy atom. The van der Waals surface area contributed by atoms with E-state index in [0.717, 1.165) is 6.92 Å². The maximum absolute atomic E-state index is 10.2. The Morgan fingerprint density at radius 3 is 1.82 bits per heavy atom. The lowest BCUT2D eigenvalue weighted by atomic mass is 10.7. The molecule has 0 saturated carbocycles. The average Bonchev–Trinajstić information content (AvgIpc) is 1.56. The molecule has 0 heterocycles. The number of aliphatic hydroxyl groups is 3. The quantitative estimate of drug-likeness (QED) is 0.242. The van der Waals surface area contributed by atoms with Crippen molar-refractivity contribution in [3.8, 4) is 0 Å². The first-order valence-electron chi connectivity index (χ1n) is 2.54. The Kier molecular flexibility index (Phi) is 2.94. The number of rotatable bonds is 3. The highest BCUT2D eigenvalue weighted by molar-refractivity contribution is 7.86.